The molecule has 10 heteroatoms. The van der Waals surface area contributed by atoms with Gasteiger partial charge in [-0.1, -0.05) is 309 Å². The summed E-state index contributed by atoms with van der Waals surface area (Å²) in [5.74, 6) is 3.61. The first-order chi connectivity index (χ1) is 55.6. The lowest BCUT2D eigenvalue weighted by Gasteiger charge is -2.12. The largest absolute Gasteiger partial charge is 0.309 e. The van der Waals surface area contributed by atoms with Crippen molar-refractivity contribution in [3.63, 3.8) is 0 Å². The van der Waals surface area contributed by atoms with E-state index in [1.54, 1.807) is 0 Å². The van der Waals surface area contributed by atoms with Crippen molar-refractivity contribution < 1.29 is 0 Å². The highest BCUT2D eigenvalue weighted by molar-refractivity contribution is 6.30. The predicted octanol–water partition coefficient (Wildman–Crippen LogP) is 25.5. The molecular formula is C102H66N10. The Balaban J connectivity index is 0.000000141. The smallest absolute Gasteiger partial charge is 0.238 e. The number of hydrogen-bond acceptors (Lipinski definition) is 6. The van der Waals surface area contributed by atoms with Gasteiger partial charge in [-0.05, 0) is 136 Å². The molecule has 0 saturated carbocycles. The van der Waals surface area contributed by atoms with Gasteiger partial charge in [-0.25, -0.2) is 9.97 Å². The first-order valence-electron chi connectivity index (χ1n) is 37.7. The van der Waals surface area contributed by atoms with E-state index in [1.165, 1.54) is 49.0 Å². The number of rotatable bonds is 12. The molecule has 6 aromatic heterocycles. The highest BCUT2D eigenvalue weighted by Gasteiger charge is 2.26. The maximum absolute atomic E-state index is 5.32. The first-order valence-corrected chi connectivity index (χ1v) is 37.7. The van der Waals surface area contributed by atoms with Crippen LogP contribution in [0, 0.1) is 0 Å². The highest BCUT2D eigenvalue weighted by atomic mass is 15.2. The summed E-state index contributed by atoms with van der Waals surface area (Å²) in [4.78, 5) is 31.4. The summed E-state index contributed by atoms with van der Waals surface area (Å²) in [6.07, 6.45) is 0. The zero-order chi connectivity index (χ0) is 74.0. The van der Waals surface area contributed by atoms with Crippen molar-refractivity contribution in [1.82, 2.24) is 48.2 Å². The lowest BCUT2D eigenvalue weighted by molar-refractivity contribution is 0.953. The average Bonchev–Trinajstić information content (AvgIpc) is 1.55. The van der Waals surface area contributed by atoms with E-state index in [-0.39, 0.29) is 0 Å². The molecule has 22 rings (SSSR count). The normalized spacial score (nSPS) is 11.6. The van der Waals surface area contributed by atoms with Gasteiger partial charge in [0.05, 0.1) is 44.1 Å². The van der Waals surface area contributed by atoms with E-state index < -0.39 is 0 Å². The Labute approximate surface area is 645 Å². The number of aromatic nitrogens is 10. The average molecular weight is 1430 g/mol. The molecule has 0 N–H and O–H groups in total. The summed E-state index contributed by atoms with van der Waals surface area (Å²) >= 11 is 0. The molecule has 0 saturated heterocycles. The fraction of sp³-hybridized carbons (Fsp3) is 0. The van der Waals surface area contributed by atoms with Crippen molar-refractivity contribution in [2.75, 3.05) is 0 Å². The predicted molar refractivity (Wildman–Crippen MR) is 460 cm³/mol. The van der Waals surface area contributed by atoms with Crippen LogP contribution < -0.4 is 0 Å². The van der Waals surface area contributed by atoms with Gasteiger partial charge in [0, 0.05) is 76.7 Å². The van der Waals surface area contributed by atoms with Crippen LogP contribution in [0.1, 0.15) is 0 Å². The fourth-order valence-electron chi connectivity index (χ4n) is 16.5. The zero-order valence-electron chi connectivity index (χ0n) is 60.6. The topological polar surface area (TPSA) is 97.1 Å². The van der Waals surface area contributed by atoms with Crippen LogP contribution in [-0.4, -0.2) is 48.2 Å². The van der Waals surface area contributed by atoms with E-state index in [0.29, 0.717) is 35.2 Å². The maximum Gasteiger partial charge on any atom is 0.238 e. The first kappa shape index (κ1) is 65.1. The molecule has 0 atom stereocenters. The summed E-state index contributed by atoms with van der Waals surface area (Å²) in [5, 5.41) is 9.43. The molecule has 10 nitrogen and oxygen atoms in total. The van der Waals surface area contributed by atoms with E-state index in [2.05, 4.69) is 382 Å². The monoisotopic (exact) mass is 1430 g/mol. The molecule has 0 fully saturated rings. The van der Waals surface area contributed by atoms with Gasteiger partial charge >= 0.3 is 0 Å². The Morgan fingerprint density at radius 1 is 0.143 bits per heavy atom. The van der Waals surface area contributed by atoms with Crippen LogP contribution in [0.3, 0.4) is 0 Å². The second kappa shape index (κ2) is 27.5. The Bertz CT molecular complexity index is 7250. The van der Waals surface area contributed by atoms with Gasteiger partial charge in [0.2, 0.25) is 11.9 Å². The second-order valence-corrected chi connectivity index (χ2v) is 28.1. The summed E-state index contributed by atoms with van der Waals surface area (Å²) in [7, 11) is 0. The molecule has 0 bridgehead atoms. The van der Waals surface area contributed by atoms with Crippen LogP contribution in [0.2, 0.25) is 0 Å². The molecule has 6 heterocycles. The lowest BCUT2D eigenvalue weighted by atomic mass is 10.0. The Hall–Kier alpha value is -15.3. The standard InChI is InChI=1S/2C51H33N5/c1-4-16-34(17-5-1)36-20-14-22-38(32-36)49-52-50(39-23-15-21-37(33-39)35-18-6-2-7-19-35)54-51(53-49)56-44-29-13-11-27-42(44)48-46(56)31-30-45-47(48)41-26-10-12-28-43(41)55(45)40-24-8-3-9-25-40;1-4-16-34(17-5-1)37-22-14-24-39(32-37)50-52-49(36-20-8-3-9-21-36)53-51(54-50)56-44-29-13-11-27-42(44)48-46(56)31-30-45-47(48)41-26-10-12-28-43(41)55(45)40-25-15-23-38(33-40)35-18-6-2-7-19-35/h2*1-33H. The molecular weight excluding hydrogens is 1370 g/mol. The molecule has 524 valence electrons. The van der Waals surface area contributed by atoms with E-state index in [9.17, 15) is 0 Å². The SMILES string of the molecule is c1ccc(-c2cccc(-c3nc(-c4cccc(-c5ccccc5)c4)nc(-n4c5ccccc5c5c6c7ccccc7n(-c7ccccc7)c6ccc54)n3)c2)cc1.c1ccc(-c2cccc(-c3nc(-c4ccccc4)nc(-n4c5ccccc5c5c6c7ccccc7n(-c7cccc(-c8ccccc8)c7)c6ccc54)n3)c2)cc1. The fourth-order valence-corrected chi connectivity index (χ4v) is 16.5. The lowest BCUT2D eigenvalue weighted by Crippen LogP contribution is -2.06. The van der Waals surface area contributed by atoms with Crippen LogP contribution in [-0.2, 0) is 0 Å². The summed E-state index contributed by atoms with van der Waals surface area (Å²) in [6, 6.07) is 141. The molecule has 22 aromatic rings. The summed E-state index contributed by atoms with van der Waals surface area (Å²) in [5.41, 5.74) is 23.8. The molecule has 0 unspecified atom stereocenters. The van der Waals surface area contributed by atoms with E-state index >= 15 is 0 Å². The minimum atomic E-state index is 0.567. The minimum Gasteiger partial charge on any atom is -0.309 e. The van der Waals surface area contributed by atoms with Crippen molar-refractivity contribution >= 4 is 87.2 Å². The third-order valence-electron chi connectivity index (χ3n) is 21.5. The molecule has 0 amide bonds. The Morgan fingerprint density at radius 2 is 0.375 bits per heavy atom. The molecule has 0 aliphatic carbocycles. The van der Waals surface area contributed by atoms with Crippen LogP contribution in [0.5, 0.6) is 0 Å². The number of fused-ring (bicyclic) bond motifs is 14. The maximum atomic E-state index is 5.32. The number of para-hydroxylation sites is 5. The van der Waals surface area contributed by atoms with Crippen LogP contribution >= 0.6 is 0 Å². The molecule has 0 aliphatic rings. The molecule has 0 spiro atoms. The zero-order valence-corrected chi connectivity index (χ0v) is 60.6. The van der Waals surface area contributed by atoms with Gasteiger partial charge < -0.3 is 9.13 Å². The number of hydrogen-bond donors (Lipinski definition) is 0. The highest BCUT2D eigenvalue weighted by Crippen LogP contribution is 2.46. The van der Waals surface area contributed by atoms with Gasteiger partial charge in [-0.2, -0.15) is 19.9 Å². The van der Waals surface area contributed by atoms with Gasteiger partial charge in [0.25, 0.3) is 0 Å². The van der Waals surface area contributed by atoms with Crippen molar-refractivity contribution in [1.29, 1.82) is 0 Å². The summed E-state index contributed by atoms with van der Waals surface area (Å²) in [6.45, 7) is 0. The minimum absolute atomic E-state index is 0.567. The van der Waals surface area contributed by atoms with Crippen LogP contribution in [0.25, 0.3) is 201 Å². The summed E-state index contributed by atoms with van der Waals surface area (Å²) < 4.78 is 9.20. The third-order valence-corrected chi connectivity index (χ3v) is 21.5. The van der Waals surface area contributed by atoms with E-state index in [0.717, 1.165) is 116 Å². The molecule has 16 aromatic carbocycles. The number of benzene rings is 16. The van der Waals surface area contributed by atoms with Crippen molar-refractivity contribution in [2.24, 2.45) is 0 Å². The Kier molecular flexibility index (Phi) is 16.0. The van der Waals surface area contributed by atoms with E-state index in [4.69, 9.17) is 29.9 Å². The van der Waals surface area contributed by atoms with Gasteiger partial charge in [0.15, 0.2) is 23.3 Å². The molecule has 112 heavy (non-hydrogen) atoms. The van der Waals surface area contributed by atoms with Crippen LogP contribution in [0.4, 0.5) is 0 Å². The van der Waals surface area contributed by atoms with Gasteiger partial charge in [0.1, 0.15) is 0 Å². The third kappa shape index (κ3) is 11.4. The Morgan fingerprint density at radius 3 is 0.723 bits per heavy atom. The van der Waals surface area contributed by atoms with Crippen molar-refractivity contribution in [3.05, 3.63) is 400 Å². The van der Waals surface area contributed by atoms with E-state index in [1.807, 2.05) is 36.4 Å². The quantitative estimate of drug-likeness (QED) is 0.121. The van der Waals surface area contributed by atoms with Crippen molar-refractivity contribution in [3.8, 4) is 113 Å². The molecule has 0 aliphatic heterocycles. The van der Waals surface area contributed by atoms with Gasteiger partial charge in [-0.15, -0.1) is 0 Å². The second-order valence-electron chi connectivity index (χ2n) is 28.1. The van der Waals surface area contributed by atoms with Gasteiger partial charge in [-0.3, -0.25) is 9.13 Å². The van der Waals surface area contributed by atoms with Crippen molar-refractivity contribution in [2.45, 2.75) is 0 Å². The van der Waals surface area contributed by atoms with Crippen LogP contribution in [0.15, 0.2) is 400 Å². The number of nitrogens with zero attached hydrogens (tertiary/aromatic N) is 10. The molecule has 0 radical (unpaired) electrons.